The molecule has 2 aromatic rings. The molecule has 2 atom stereocenters. The van der Waals surface area contributed by atoms with Crippen LogP contribution in [0.3, 0.4) is 0 Å². The lowest BCUT2D eigenvalue weighted by Gasteiger charge is -2.32. The number of halogens is 4. The SMILES string of the molecule is CC[C@H](C(=O)N[C@@H](C)CC)N(Cc1ccc(Cl)c(Cl)c1)C(=O)CCCN(c1cc(Cl)ccc1Cl)S(C)(=O)=O. The van der Waals surface area contributed by atoms with Gasteiger partial charge in [0.1, 0.15) is 6.04 Å². The molecule has 7 nitrogen and oxygen atoms in total. The molecule has 0 heterocycles. The van der Waals surface area contributed by atoms with Crippen LogP contribution in [-0.4, -0.2) is 50.0 Å². The van der Waals surface area contributed by atoms with E-state index in [1.54, 1.807) is 24.3 Å². The van der Waals surface area contributed by atoms with Crippen molar-refractivity contribution in [3.05, 3.63) is 62.1 Å². The summed E-state index contributed by atoms with van der Waals surface area (Å²) in [6.45, 7) is 5.84. The molecule has 1 N–H and O–H groups in total. The van der Waals surface area contributed by atoms with Crippen LogP contribution in [0.25, 0.3) is 0 Å². The van der Waals surface area contributed by atoms with E-state index in [-0.39, 0.29) is 54.5 Å². The molecule has 0 spiro atoms. The Labute approximate surface area is 245 Å². The Kier molecular flexibility index (Phi) is 12.5. The average molecular weight is 625 g/mol. The van der Waals surface area contributed by atoms with Gasteiger partial charge in [0.25, 0.3) is 0 Å². The molecule has 0 fully saturated rings. The molecular weight excluding hydrogens is 592 g/mol. The number of nitrogens with zero attached hydrogens (tertiary/aromatic N) is 2. The Morgan fingerprint density at radius 1 is 0.947 bits per heavy atom. The summed E-state index contributed by atoms with van der Waals surface area (Å²) in [7, 11) is -3.71. The van der Waals surface area contributed by atoms with Crippen molar-refractivity contribution < 1.29 is 18.0 Å². The third kappa shape index (κ3) is 9.19. The van der Waals surface area contributed by atoms with Crippen molar-refractivity contribution in [2.75, 3.05) is 17.1 Å². The van der Waals surface area contributed by atoms with Crippen molar-refractivity contribution in [1.82, 2.24) is 10.2 Å². The van der Waals surface area contributed by atoms with Gasteiger partial charge in [-0.3, -0.25) is 13.9 Å². The fourth-order valence-corrected chi connectivity index (χ4v) is 5.58. The number of sulfonamides is 1. The number of hydrogen-bond acceptors (Lipinski definition) is 4. The molecular formula is C26H33Cl4N3O4S. The number of benzene rings is 2. The number of nitrogens with one attached hydrogen (secondary N) is 1. The van der Waals surface area contributed by atoms with Gasteiger partial charge in [-0.25, -0.2) is 8.42 Å². The molecule has 38 heavy (non-hydrogen) atoms. The molecule has 210 valence electrons. The molecule has 0 bridgehead atoms. The van der Waals surface area contributed by atoms with Crippen molar-refractivity contribution >= 4 is 73.9 Å². The molecule has 0 aromatic heterocycles. The largest absolute Gasteiger partial charge is 0.352 e. The molecule has 12 heteroatoms. The highest BCUT2D eigenvalue weighted by molar-refractivity contribution is 7.92. The van der Waals surface area contributed by atoms with Crippen molar-refractivity contribution in [3.8, 4) is 0 Å². The van der Waals surface area contributed by atoms with E-state index in [2.05, 4.69) is 5.32 Å². The van der Waals surface area contributed by atoms with Gasteiger partial charge in [0.05, 0.1) is 27.0 Å². The van der Waals surface area contributed by atoms with Crippen molar-refractivity contribution in [1.29, 1.82) is 0 Å². The Morgan fingerprint density at radius 2 is 1.61 bits per heavy atom. The van der Waals surface area contributed by atoms with Gasteiger partial charge in [-0.15, -0.1) is 0 Å². The minimum atomic E-state index is -3.71. The standard InChI is InChI=1S/C26H33Cl4N3O4S/c1-5-17(3)31-26(35)23(6-2)32(16-18-9-11-20(28)22(30)14-18)25(34)8-7-13-33(38(4,36)37)24-15-19(27)10-12-21(24)29/h9-12,14-15,17,23H,5-8,13,16H2,1-4H3,(H,31,35)/t17-,23+/m0/s1. The molecule has 0 radical (unpaired) electrons. The lowest BCUT2D eigenvalue weighted by molar-refractivity contribution is -0.141. The van der Waals surface area contributed by atoms with E-state index >= 15 is 0 Å². The van der Waals surface area contributed by atoms with Gasteiger partial charge in [-0.1, -0.05) is 66.3 Å². The van der Waals surface area contributed by atoms with Gasteiger partial charge in [0.15, 0.2) is 0 Å². The summed E-state index contributed by atoms with van der Waals surface area (Å²) in [5.41, 5.74) is 0.951. The van der Waals surface area contributed by atoms with E-state index in [1.165, 1.54) is 17.0 Å². The summed E-state index contributed by atoms with van der Waals surface area (Å²) in [4.78, 5) is 28.1. The maximum atomic E-state index is 13.5. The van der Waals surface area contributed by atoms with Crippen molar-refractivity contribution in [2.45, 2.75) is 65.1 Å². The minimum absolute atomic E-state index is 0.00110. The molecule has 2 aromatic carbocycles. The second-order valence-electron chi connectivity index (χ2n) is 9.05. The highest BCUT2D eigenvalue weighted by Crippen LogP contribution is 2.31. The van der Waals surface area contributed by atoms with Gasteiger partial charge >= 0.3 is 0 Å². The summed E-state index contributed by atoms with van der Waals surface area (Å²) >= 11 is 24.6. The fourth-order valence-electron chi connectivity index (χ4n) is 3.85. The zero-order valence-electron chi connectivity index (χ0n) is 21.8. The van der Waals surface area contributed by atoms with Crippen LogP contribution < -0.4 is 9.62 Å². The van der Waals surface area contributed by atoms with Crippen molar-refractivity contribution in [3.63, 3.8) is 0 Å². The second kappa shape index (κ2) is 14.6. The summed E-state index contributed by atoms with van der Waals surface area (Å²) in [6.07, 6.45) is 2.39. The first-order chi connectivity index (χ1) is 17.8. The first-order valence-corrected chi connectivity index (χ1v) is 15.6. The Balaban J connectivity index is 2.29. The lowest BCUT2D eigenvalue weighted by Crippen LogP contribution is -2.50. The number of carbonyl (C=O) groups is 2. The van der Waals surface area contributed by atoms with Crippen LogP contribution >= 0.6 is 46.4 Å². The molecule has 2 rings (SSSR count). The van der Waals surface area contributed by atoms with Gasteiger partial charge in [0.2, 0.25) is 21.8 Å². The van der Waals surface area contributed by atoms with Crippen LogP contribution in [0, 0.1) is 0 Å². The second-order valence-corrected chi connectivity index (χ2v) is 12.6. The summed E-state index contributed by atoms with van der Waals surface area (Å²) in [5, 5.41) is 4.24. The van der Waals surface area contributed by atoms with Crippen LogP contribution in [0.4, 0.5) is 5.69 Å². The van der Waals surface area contributed by atoms with Crippen molar-refractivity contribution in [2.24, 2.45) is 0 Å². The number of carbonyl (C=O) groups excluding carboxylic acids is 2. The van der Waals surface area contributed by atoms with Crippen LogP contribution in [-0.2, 0) is 26.2 Å². The van der Waals surface area contributed by atoms with E-state index in [0.29, 0.717) is 27.1 Å². The van der Waals surface area contributed by atoms with E-state index in [9.17, 15) is 18.0 Å². The number of amides is 2. The quantitative estimate of drug-likeness (QED) is 0.273. The van der Waals surface area contributed by atoms with Crippen LogP contribution in [0.1, 0.15) is 52.0 Å². The smallest absolute Gasteiger partial charge is 0.243 e. The topological polar surface area (TPSA) is 86.8 Å². The van der Waals surface area contributed by atoms with Crippen LogP contribution in [0.2, 0.25) is 20.1 Å². The summed E-state index contributed by atoms with van der Waals surface area (Å²) < 4.78 is 26.2. The van der Waals surface area contributed by atoms with Gasteiger partial charge in [0, 0.05) is 30.6 Å². The first-order valence-electron chi connectivity index (χ1n) is 12.2. The van der Waals surface area contributed by atoms with E-state index in [4.69, 9.17) is 46.4 Å². The maximum absolute atomic E-state index is 13.5. The highest BCUT2D eigenvalue weighted by atomic mass is 35.5. The Morgan fingerprint density at radius 3 is 2.18 bits per heavy atom. The molecule has 0 unspecified atom stereocenters. The first kappa shape index (κ1) is 32.5. The number of rotatable bonds is 13. The van der Waals surface area contributed by atoms with Gasteiger partial charge in [-0.05, 0) is 62.1 Å². The molecule has 0 saturated carbocycles. The van der Waals surface area contributed by atoms with Gasteiger partial charge in [-0.2, -0.15) is 0 Å². The number of hydrogen-bond donors (Lipinski definition) is 1. The summed E-state index contributed by atoms with van der Waals surface area (Å²) in [5.74, 6) is -0.549. The fraction of sp³-hybridized carbons (Fsp3) is 0.462. The molecule has 0 saturated heterocycles. The minimum Gasteiger partial charge on any atom is -0.352 e. The Bertz CT molecular complexity index is 1240. The predicted molar refractivity (Wildman–Crippen MR) is 157 cm³/mol. The maximum Gasteiger partial charge on any atom is 0.243 e. The summed E-state index contributed by atoms with van der Waals surface area (Å²) in [6, 6.07) is 8.83. The molecule has 0 aliphatic carbocycles. The van der Waals surface area contributed by atoms with Crippen LogP contribution in [0.5, 0.6) is 0 Å². The van der Waals surface area contributed by atoms with E-state index in [1.807, 2.05) is 20.8 Å². The third-order valence-electron chi connectivity index (χ3n) is 6.05. The molecule has 0 aliphatic rings. The monoisotopic (exact) mass is 623 g/mol. The van der Waals surface area contributed by atoms with Crippen LogP contribution in [0.15, 0.2) is 36.4 Å². The third-order valence-corrected chi connectivity index (χ3v) is 8.53. The zero-order valence-corrected chi connectivity index (χ0v) is 25.6. The lowest BCUT2D eigenvalue weighted by atomic mass is 10.1. The Hall–Kier alpha value is -1.71. The zero-order chi connectivity index (χ0) is 28.6. The normalized spacial score (nSPS) is 13.1. The van der Waals surface area contributed by atoms with Gasteiger partial charge < -0.3 is 10.2 Å². The molecule has 2 amide bonds. The number of anilines is 1. The average Bonchev–Trinajstić information content (AvgIpc) is 2.84. The molecule has 0 aliphatic heterocycles. The van der Waals surface area contributed by atoms with E-state index < -0.39 is 16.1 Å². The highest BCUT2D eigenvalue weighted by Gasteiger charge is 2.29. The van der Waals surface area contributed by atoms with E-state index in [0.717, 1.165) is 17.0 Å². The predicted octanol–water partition coefficient (Wildman–Crippen LogP) is 6.57.